The van der Waals surface area contributed by atoms with Gasteiger partial charge in [-0.15, -0.1) is 16.4 Å². The Balaban J connectivity index is 1.37. The number of nitrogens with one attached hydrogen (secondary N) is 1. The van der Waals surface area contributed by atoms with Crippen LogP contribution in [0.2, 0.25) is 0 Å². The van der Waals surface area contributed by atoms with Crippen LogP contribution in [0.5, 0.6) is 0 Å². The summed E-state index contributed by atoms with van der Waals surface area (Å²) in [6.07, 6.45) is 0. The molecule has 0 unspecified atom stereocenters. The zero-order valence-corrected chi connectivity index (χ0v) is 19.1. The fourth-order valence-corrected chi connectivity index (χ4v) is 4.74. The molecule has 0 radical (unpaired) electrons. The van der Waals surface area contributed by atoms with E-state index in [4.69, 9.17) is 0 Å². The lowest BCUT2D eigenvalue weighted by Crippen LogP contribution is -2.33. The number of hydrogen-bond donors (Lipinski definition) is 1. The van der Waals surface area contributed by atoms with E-state index in [1.807, 2.05) is 64.7 Å². The fourth-order valence-electron chi connectivity index (χ4n) is 3.46. The van der Waals surface area contributed by atoms with Gasteiger partial charge in [-0.2, -0.15) is 11.3 Å². The van der Waals surface area contributed by atoms with E-state index in [0.29, 0.717) is 17.1 Å². The summed E-state index contributed by atoms with van der Waals surface area (Å²) in [5.41, 5.74) is 4.02. The molecule has 0 spiro atoms. The van der Waals surface area contributed by atoms with Gasteiger partial charge in [-0.1, -0.05) is 23.4 Å². The van der Waals surface area contributed by atoms with Gasteiger partial charge in [0.1, 0.15) is 12.1 Å². The molecule has 9 heteroatoms. The van der Waals surface area contributed by atoms with Crippen molar-refractivity contribution in [3.8, 4) is 0 Å². The zero-order chi connectivity index (χ0) is 22.6. The molecule has 3 heterocycles. The highest BCUT2D eigenvalue weighted by atomic mass is 32.1. The Kier molecular flexibility index (Phi) is 5.97. The number of benzene rings is 2. The first-order valence-corrected chi connectivity index (χ1v) is 12.0. The van der Waals surface area contributed by atoms with E-state index < -0.39 is 0 Å². The van der Waals surface area contributed by atoms with E-state index in [0.717, 1.165) is 22.3 Å². The van der Waals surface area contributed by atoms with Crippen LogP contribution >= 0.6 is 22.7 Å². The number of carbonyl (C=O) groups is 2. The SMILES string of the molecule is O=C(Nc1ccc(N(Cc2ccsc2)C(=O)Cn2nnc3ccccc32)cc1)c1cccs1. The minimum atomic E-state index is -0.151. The third-order valence-corrected chi connectivity index (χ3v) is 6.71. The van der Waals surface area contributed by atoms with Gasteiger partial charge in [-0.05, 0) is 70.2 Å². The molecule has 0 aliphatic rings. The van der Waals surface area contributed by atoms with Crippen molar-refractivity contribution in [2.45, 2.75) is 13.1 Å². The Morgan fingerprint density at radius 2 is 1.82 bits per heavy atom. The van der Waals surface area contributed by atoms with Crippen LogP contribution in [0.1, 0.15) is 15.2 Å². The number of amides is 2. The minimum absolute atomic E-state index is 0.0709. The first-order chi connectivity index (χ1) is 16.2. The summed E-state index contributed by atoms with van der Waals surface area (Å²) in [4.78, 5) is 28.1. The second kappa shape index (κ2) is 9.35. The van der Waals surface area contributed by atoms with Crippen molar-refractivity contribution in [1.82, 2.24) is 15.0 Å². The van der Waals surface area contributed by atoms with E-state index in [1.165, 1.54) is 11.3 Å². The van der Waals surface area contributed by atoms with Gasteiger partial charge in [0, 0.05) is 11.4 Å². The Morgan fingerprint density at radius 1 is 0.970 bits per heavy atom. The molecule has 164 valence electrons. The van der Waals surface area contributed by atoms with Crippen LogP contribution in [-0.4, -0.2) is 26.8 Å². The quantitative estimate of drug-likeness (QED) is 0.359. The van der Waals surface area contributed by atoms with Gasteiger partial charge in [0.25, 0.3) is 5.91 Å². The average Bonchev–Trinajstić information content (AvgIpc) is 3.61. The third-order valence-electron chi connectivity index (χ3n) is 5.11. The largest absolute Gasteiger partial charge is 0.321 e. The number of rotatable bonds is 7. The molecule has 0 bridgehead atoms. The average molecular weight is 474 g/mol. The lowest BCUT2D eigenvalue weighted by Gasteiger charge is -2.23. The highest BCUT2D eigenvalue weighted by Crippen LogP contribution is 2.23. The summed E-state index contributed by atoms with van der Waals surface area (Å²) in [6.45, 7) is 0.511. The summed E-state index contributed by atoms with van der Waals surface area (Å²) in [5.74, 6) is -0.255. The number of carbonyl (C=O) groups excluding carboxylic acids is 2. The summed E-state index contributed by atoms with van der Waals surface area (Å²) >= 11 is 2.98. The number of nitrogens with zero attached hydrogens (tertiary/aromatic N) is 4. The Bertz CT molecular complexity index is 1380. The second-order valence-electron chi connectivity index (χ2n) is 7.33. The van der Waals surface area contributed by atoms with Crippen LogP contribution in [0.3, 0.4) is 0 Å². The van der Waals surface area contributed by atoms with Crippen molar-refractivity contribution in [3.63, 3.8) is 0 Å². The third kappa shape index (κ3) is 4.69. The molecule has 5 rings (SSSR count). The van der Waals surface area contributed by atoms with Crippen LogP contribution < -0.4 is 10.2 Å². The maximum atomic E-state index is 13.4. The van der Waals surface area contributed by atoms with Crippen molar-refractivity contribution >= 4 is 56.9 Å². The van der Waals surface area contributed by atoms with Crippen molar-refractivity contribution in [3.05, 3.63) is 93.3 Å². The van der Waals surface area contributed by atoms with E-state index in [1.54, 1.807) is 39.1 Å². The zero-order valence-electron chi connectivity index (χ0n) is 17.4. The maximum Gasteiger partial charge on any atom is 0.265 e. The fraction of sp³-hybridized carbons (Fsp3) is 0.0833. The number of fused-ring (bicyclic) bond motifs is 1. The Hall–Kier alpha value is -3.82. The van der Waals surface area contributed by atoms with Crippen LogP contribution in [0.15, 0.2) is 82.9 Å². The summed E-state index contributed by atoms with van der Waals surface area (Å²) in [5, 5.41) is 17.1. The molecule has 0 aliphatic carbocycles. The highest BCUT2D eigenvalue weighted by Gasteiger charge is 2.19. The molecule has 2 amide bonds. The predicted molar refractivity (Wildman–Crippen MR) is 132 cm³/mol. The molecule has 7 nitrogen and oxygen atoms in total. The molecule has 0 aliphatic heterocycles. The van der Waals surface area contributed by atoms with Crippen molar-refractivity contribution in [2.75, 3.05) is 10.2 Å². The lowest BCUT2D eigenvalue weighted by atomic mass is 10.2. The van der Waals surface area contributed by atoms with Crippen LogP contribution in [-0.2, 0) is 17.9 Å². The normalized spacial score (nSPS) is 10.9. The standard InChI is InChI=1S/C24H19N5O2S2/c30-23(15-29-21-5-2-1-4-20(21)26-27-29)28(14-17-11-13-32-16-17)19-9-7-18(8-10-19)25-24(31)22-6-3-12-33-22/h1-13,16H,14-15H2,(H,25,31). The summed E-state index contributed by atoms with van der Waals surface area (Å²) in [7, 11) is 0. The molecule has 3 aromatic heterocycles. The van der Waals surface area contributed by atoms with Crippen LogP contribution in [0.25, 0.3) is 11.0 Å². The smallest absolute Gasteiger partial charge is 0.265 e. The number of thiophene rings is 2. The Labute approximate surface area is 197 Å². The van der Waals surface area contributed by atoms with Crippen molar-refractivity contribution in [1.29, 1.82) is 0 Å². The number of hydrogen-bond acceptors (Lipinski definition) is 6. The van der Waals surface area contributed by atoms with Gasteiger partial charge in [-0.3, -0.25) is 9.59 Å². The molecular formula is C24H19N5O2S2. The topological polar surface area (TPSA) is 80.1 Å². The maximum absolute atomic E-state index is 13.4. The van der Waals surface area contributed by atoms with E-state index in [2.05, 4.69) is 15.6 Å². The predicted octanol–water partition coefficient (Wildman–Crippen LogP) is 5.04. The first-order valence-electron chi connectivity index (χ1n) is 10.2. The number of anilines is 2. The van der Waals surface area contributed by atoms with Gasteiger partial charge in [0.2, 0.25) is 5.91 Å². The van der Waals surface area contributed by atoms with Gasteiger partial charge in [0.15, 0.2) is 0 Å². The molecule has 5 aromatic rings. The first kappa shape index (κ1) is 21.0. The number of aromatic nitrogens is 3. The highest BCUT2D eigenvalue weighted by molar-refractivity contribution is 7.12. The minimum Gasteiger partial charge on any atom is -0.321 e. The van der Waals surface area contributed by atoms with Gasteiger partial charge < -0.3 is 10.2 Å². The van der Waals surface area contributed by atoms with E-state index in [-0.39, 0.29) is 18.4 Å². The molecule has 0 atom stereocenters. The molecule has 0 saturated heterocycles. The molecule has 0 saturated carbocycles. The summed E-state index contributed by atoms with van der Waals surface area (Å²) < 4.78 is 1.62. The molecule has 1 N–H and O–H groups in total. The van der Waals surface area contributed by atoms with Crippen LogP contribution in [0.4, 0.5) is 11.4 Å². The van der Waals surface area contributed by atoms with E-state index >= 15 is 0 Å². The van der Waals surface area contributed by atoms with E-state index in [9.17, 15) is 9.59 Å². The second-order valence-corrected chi connectivity index (χ2v) is 9.05. The van der Waals surface area contributed by atoms with Crippen LogP contribution in [0, 0.1) is 0 Å². The van der Waals surface area contributed by atoms with Crippen molar-refractivity contribution in [2.24, 2.45) is 0 Å². The molecule has 0 fully saturated rings. The van der Waals surface area contributed by atoms with Gasteiger partial charge >= 0.3 is 0 Å². The number of para-hydroxylation sites is 1. The Morgan fingerprint density at radius 3 is 2.58 bits per heavy atom. The molecule has 2 aromatic carbocycles. The molecular weight excluding hydrogens is 454 g/mol. The van der Waals surface area contributed by atoms with Gasteiger partial charge in [-0.25, -0.2) is 4.68 Å². The van der Waals surface area contributed by atoms with Gasteiger partial charge in [0.05, 0.1) is 16.9 Å². The monoisotopic (exact) mass is 473 g/mol. The molecule has 33 heavy (non-hydrogen) atoms. The van der Waals surface area contributed by atoms with Crippen molar-refractivity contribution < 1.29 is 9.59 Å². The lowest BCUT2D eigenvalue weighted by molar-refractivity contribution is -0.119. The summed E-state index contributed by atoms with van der Waals surface area (Å²) in [6, 6.07) is 20.5.